The normalized spacial score (nSPS) is 21.6. The average Bonchev–Trinajstić information content (AvgIpc) is 3.07. The zero-order valence-corrected chi connectivity index (χ0v) is 10.7. The van der Waals surface area contributed by atoms with Gasteiger partial charge in [0.25, 0.3) is 0 Å². The Morgan fingerprint density at radius 2 is 2.16 bits per heavy atom. The summed E-state index contributed by atoms with van der Waals surface area (Å²) in [6.07, 6.45) is 2.16. The molecule has 0 radical (unpaired) electrons. The molecule has 3 heterocycles. The largest absolute Gasteiger partial charge is 0.384 e. The third-order valence-corrected chi connectivity index (χ3v) is 4.10. The Hall–Kier alpha value is -1.88. The standard InChI is InChI=1S/C14H17N5/c15-13-10-6-11-8(2-4-17-11)5-12(10)18-14(19-13)9-1-3-16-7-9/h5-6,9,16-17H,1-4,7H2,(H2,15,18,19). The number of fused-ring (bicyclic) bond motifs is 2. The Morgan fingerprint density at radius 3 is 3.00 bits per heavy atom. The fourth-order valence-electron chi connectivity index (χ4n) is 3.02. The maximum absolute atomic E-state index is 6.12. The number of aromatic nitrogens is 2. The van der Waals surface area contributed by atoms with Crippen molar-refractivity contribution in [2.75, 3.05) is 30.7 Å². The molecule has 1 aromatic carbocycles. The number of hydrogen-bond donors (Lipinski definition) is 3. The summed E-state index contributed by atoms with van der Waals surface area (Å²) < 4.78 is 0. The van der Waals surface area contributed by atoms with Gasteiger partial charge in [-0.15, -0.1) is 0 Å². The Morgan fingerprint density at radius 1 is 1.21 bits per heavy atom. The van der Waals surface area contributed by atoms with Gasteiger partial charge < -0.3 is 16.4 Å². The van der Waals surface area contributed by atoms with E-state index in [-0.39, 0.29) is 0 Å². The molecule has 5 heteroatoms. The SMILES string of the molecule is Nc1nc(C2CCNC2)nc2cc3c(cc12)NCC3. The van der Waals surface area contributed by atoms with Crippen LogP contribution >= 0.6 is 0 Å². The van der Waals surface area contributed by atoms with Crippen LogP contribution in [0.5, 0.6) is 0 Å². The van der Waals surface area contributed by atoms with E-state index in [1.807, 2.05) is 0 Å². The van der Waals surface area contributed by atoms with Gasteiger partial charge in [-0.2, -0.15) is 0 Å². The predicted molar refractivity (Wildman–Crippen MR) is 76.4 cm³/mol. The lowest BCUT2D eigenvalue weighted by Gasteiger charge is -2.11. The highest BCUT2D eigenvalue weighted by molar-refractivity contribution is 5.92. The first kappa shape index (κ1) is 11.0. The van der Waals surface area contributed by atoms with E-state index in [4.69, 9.17) is 10.7 Å². The van der Waals surface area contributed by atoms with Gasteiger partial charge in [0, 0.05) is 30.1 Å². The van der Waals surface area contributed by atoms with Gasteiger partial charge in [0.15, 0.2) is 0 Å². The van der Waals surface area contributed by atoms with Crippen LogP contribution in [0.25, 0.3) is 10.9 Å². The van der Waals surface area contributed by atoms with Crippen molar-refractivity contribution in [1.82, 2.24) is 15.3 Å². The summed E-state index contributed by atoms with van der Waals surface area (Å²) in [5.41, 5.74) is 9.62. The van der Waals surface area contributed by atoms with E-state index < -0.39 is 0 Å². The van der Waals surface area contributed by atoms with E-state index in [9.17, 15) is 0 Å². The Labute approximate surface area is 111 Å². The molecule has 4 rings (SSSR count). The van der Waals surface area contributed by atoms with E-state index in [2.05, 4.69) is 27.8 Å². The smallest absolute Gasteiger partial charge is 0.135 e. The van der Waals surface area contributed by atoms with Crippen LogP contribution < -0.4 is 16.4 Å². The molecule has 0 saturated carbocycles. The highest BCUT2D eigenvalue weighted by Gasteiger charge is 2.21. The number of nitrogens with one attached hydrogen (secondary N) is 2. The number of nitrogen functional groups attached to an aromatic ring is 1. The second-order valence-corrected chi connectivity index (χ2v) is 5.36. The van der Waals surface area contributed by atoms with E-state index >= 15 is 0 Å². The summed E-state index contributed by atoms with van der Waals surface area (Å²) >= 11 is 0. The molecule has 1 aromatic heterocycles. The zero-order chi connectivity index (χ0) is 12.8. The van der Waals surface area contributed by atoms with Gasteiger partial charge in [-0.25, -0.2) is 9.97 Å². The van der Waals surface area contributed by atoms with E-state index in [1.54, 1.807) is 0 Å². The Bertz CT molecular complexity index is 646. The molecule has 98 valence electrons. The first-order valence-corrected chi connectivity index (χ1v) is 6.86. The summed E-state index contributed by atoms with van der Waals surface area (Å²) in [6.45, 7) is 3.00. The zero-order valence-electron chi connectivity index (χ0n) is 10.7. The topological polar surface area (TPSA) is 75.9 Å². The van der Waals surface area contributed by atoms with Crippen molar-refractivity contribution in [2.45, 2.75) is 18.8 Å². The molecule has 1 unspecified atom stereocenters. The van der Waals surface area contributed by atoms with Gasteiger partial charge in [-0.05, 0) is 37.1 Å². The number of benzene rings is 1. The predicted octanol–water partition coefficient (Wildman–Crippen LogP) is 1.26. The van der Waals surface area contributed by atoms with Crippen molar-refractivity contribution in [2.24, 2.45) is 0 Å². The van der Waals surface area contributed by atoms with E-state index in [0.717, 1.165) is 49.2 Å². The summed E-state index contributed by atoms with van der Waals surface area (Å²) in [4.78, 5) is 9.24. The monoisotopic (exact) mass is 255 g/mol. The van der Waals surface area contributed by atoms with Crippen LogP contribution in [0.4, 0.5) is 11.5 Å². The molecule has 0 aliphatic carbocycles. The second kappa shape index (κ2) is 4.06. The van der Waals surface area contributed by atoms with Crippen LogP contribution in [0.1, 0.15) is 23.7 Å². The highest BCUT2D eigenvalue weighted by atomic mass is 15.0. The lowest BCUT2D eigenvalue weighted by atomic mass is 10.1. The second-order valence-electron chi connectivity index (χ2n) is 5.36. The van der Waals surface area contributed by atoms with Crippen LogP contribution in [0, 0.1) is 0 Å². The molecule has 0 spiro atoms. The lowest BCUT2D eigenvalue weighted by Crippen LogP contribution is -2.11. The van der Waals surface area contributed by atoms with Crippen molar-refractivity contribution < 1.29 is 0 Å². The first-order chi connectivity index (χ1) is 9.31. The van der Waals surface area contributed by atoms with Crippen molar-refractivity contribution in [3.63, 3.8) is 0 Å². The number of nitrogens with zero attached hydrogens (tertiary/aromatic N) is 2. The van der Waals surface area contributed by atoms with Gasteiger partial charge in [0.05, 0.1) is 5.52 Å². The molecule has 1 fully saturated rings. The summed E-state index contributed by atoms with van der Waals surface area (Å²) in [5, 5.41) is 7.68. The quantitative estimate of drug-likeness (QED) is 0.715. The molecule has 5 nitrogen and oxygen atoms in total. The molecule has 0 bridgehead atoms. The van der Waals surface area contributed by atoms with Crippen molar-refractivity contribution in [3.05, 3.63) is 23.5 Å². The molecular formula is C14H17N5. The van der Waals surface area contributed by atoms with Crippen LogP contribution in [0.2, 0.25) is 0 Å². The Balaban J connectivity index is 1.88. The average molecular weight is 255 g/mol. The maximum Gasteiger partial charge on any atom is 0.135 e. The third kappa shape index (κ3) is 1.73. The number of anilines is 2. The molecule has 0 amide bonds. The number of rotatable bonds is 1. The maximum atomic E-state index is 6.12. The minimum Gasteiger partial charge on any atom is -0.384 e. The van der Waals surface area contributed by atoms with E-state index in [0.29, 0.717) is 11.7 Å². The van der Waals surface area contributed by atoms with E-state index in [1.165, 1.54) is 11.3 Å². The summed E-state index contributed by atoms with van der Waals surface area (Å²) in [5.74, 6) is 1.89. The fourth-order valence-corrected chi connectivity index (χ4v) is 3.02. The molecule has 2 aromatic rings. The van der Waals surface area contributed by atoms with Crippen LogP contribution in [0.3, 0.4) is 0 Å². The molecule has 4 N–H and O–H groups in total. The molecular weight excluding hydrogens is 238 g/mol. The van der Waals surface area contributed by atoms with Gasteiger partial charge in [-0.3, -0.25) is 0 Å². The van der Waals surface area contributed by atoms with Gasteiger partial charge >= 0.3 is 0 Å². The summed E-state index contributed by atoms with van der Waals surface area (Å²) in [6, 6.07) is 4.25. The number of nitrogens with two attached hydrogens (primary N) is 1. The highest BCUT2D eigenvalue weighted by Crippen LogP contribution is 2.31. The Kier molecular flexibility index (Phi) is 2.35. The van der Waals surface area contributed by atoms with Crippen LogP contribution in [-0.4, -0.2) is 29.6 Å². The van der Waals surface area contributed by atoms with Crippen LogP contribution in [-0.2, 0) is 6.42 Å². The summed E-state index contributed by atoms with van der Waals surface area (Å²) in [7, 11) is 0. The lowest BCUT2D eigenvalue weighted by molar-refractivity contribution is 0.709. The molecule has 1 atom stereocenters. The minimum absolute atomic E-state index is 0.401. The van der Waals surface area contributed by atoms with Gasteiger partial charge in [-0.1, -0.05) is 0 Å². The molecule has 2 aliphatic rings. The van der Waals surface area contributed by atoms with Crippen molar-refractivity contribution in [1.29, 1.82) is 0 Å². The van der Waals surface area contributed by atoms with Gasteiger partial charge in [0.1, 0.15) is 11.6 Å². The fraction of sp³-hybridized carbons (Fsp3) is 0.429. The first-order valence-electron chi connectivity index (χ1n) is 6.86. The third-order valence-electron chi connectivity index (χ3n) is 4.10. The van der Waals surface area contributed by atoms with Crippen molar-refractivity contribution >= 4 is 22.4 Å². The molecule has 1 saturated heterocycles. The van der Waals surface area contributed by atoms with Crippen molar-refractivity contribution in [3.8, 4) is 0 Å². The van der Waals surface area contributed by atoms with Crippen LogP contribution in [0.15, 0.2) is 12.1 Å². The minimum atomic E-state index is 0.401. The molecule has 19 heavy (non-hydrogen) atoms. The van der Waals surface area contributed by atoms with Gasteiger partial charge in [0.2, 0.25) is 0 Å². The number of hydrogen-bond acceptors (Lipinski definition) is 5. The molecule has 2 aliphatic heterocycles.